The van der Waals surface area contributed by atoms with Gasteiger partial charge < -0.3 is 9.47 Å². The third-order valence-electron chi connectivity index (χ3n) is 3.96. The molecule has 0 aromatic carbocycles. The maximum absolute atomic E-state index is 5.39. The van der Waals surface area contributed by atoms with Crippen LogP contribution in [0, 0.1) is 5.41 Å². The normalized spacial score (nSPS) is 20.6. The quantitative estimate of drug-likeness (QED) is 0.713. The van der Waals surface area contributed by atoms with Crippen molar-refractivity contribution >= 4 is 0 Å². The van der Waals surface area contributed by atoms with E-state index in [2.05, 4.69) is 32.6 Å². The van der Waals surface area contributed by atoms with Crippen LogP contribution in [0.3, 0.4) is 0 Å². The monoisotopic (exact) mass is 215 g/mol. The van der Waals surface area contributed by atoms with Crippen LogP contribution in [0.25, 0.3) is 0 Å². The Kier molecular flexibility index (Phi) is 4.15. The molecule has 90 valence electrons. The highest BCUT2D eigenvalue weighted by Crippen LogP contribution is 2.36. The molecule has 0 aliphatic carbocycles. The molecule has 0 bridgehead atoms. The van der Waals surface area contributed by atoms with Crippen molar-refractivity contribution in [1.29, 1.82) is 0 Å². The second-order valence-electron chi connectivity index (χ2n) is 5.48. The topological polar surface area (TPSA) is 21.7 Å². The van der Waals surface area contributed by atoms with Gasteiger partial charge in [-0.2, -0.15) is 0 Å². The van der Waals surface area contributed by atoms with Gasteiger partial charge in [0.15, 0.2) is 0 Å². The molecule has 0 aromatic rings. The van der Waals surface area contributed by atoms with Crippen LogP contribution in [0.4, 0.5) is 0 Å². The molecule has 0 radical (unpaired) electrons. The SMILES string of the molecule is COCC(C)(C)C(C)(C)N1CCOCC1. The van der Waals surface area contributed by atoms with Gasteiger partial charge in [0.1, 0.15) is 0 Å². The Hall–Kier alpha value is -0.120. The van der Waals surface area contributed by atoms with Gasteiger partial charge in [-0.25, -0.2) is 0 Å². The van der Waals surface area contributed by atoms with E-state index in [0.717, 1.165) is 32.9 Å². The van der Waals surface area contributed by atoms with Crippen molar-refractivity contribution in [3.05, 3.63) is 0 Å². The summed E-state index contributed by atoms with van der Waals surface area (Å²) in [5.74, 6) is 0. The minimum atomic E-state index is 0.146. The third kappa shape index (κ3) is 2.71. The number of hydrogen-bond acceptors (Lipinski definition) is 3. The van der Waals surface area contributed by atoms with Crippen LogP contribution in [-0.2, 0) is 9.47 Å². The van der Waals surface area contributed by atoms with Crippen LogP contribution in [0.2, 0.25) is 0 Å². The van der Waals surface area contributed by atoms with Crippen LogP contribution >= 0.6 is 0 Å². The highest BCUT2D eigenvalue weighted by Gasteiger charge is 2.41. The van der Waals surface area contributed by atoms with Gasteiger partial charge >= 0.3 is 0 Å². The molecule has 3 heteroatoms. The summed E-state index contributed by atoms with van der Waals surface area (Å²) in [5, 5.41) is 0. The summed E-state index contributed by atoms with van der Waals surface area (Å²) in [6.07, 6.45) is 0. The van der Waals surface area contributed by atoms with Crippen LogP contribution < -0.4 is 0 Å². The van der Waals surface area contributed by atoms with E-state index in [1.807, 2.05) is 0 Å². The van der Waals surface area contributed by atoms with Crippen molar-refractivity contribution in [2.75, 3.05) is 40.0 Å². The number of rotatable bonds is 4. The smallest absolute Gasteiger partial charge is 0.0594 e. The van der Waals surface area contributed by atoms with Crippen molar-refractivity contribution in [3.8, 4) is 0 Å². The highest BCUT2D eigenvalue weighted by molar-refractivity contribution is 4.95. The number of ether oxygens (including phenoxy) is 2. The van der Waals surface area contributed by atoms with Crippen molar-refractivity contribution in [2.45, 2.75) is 33.2 Å². The summed E-state index contributed by atoms with van der Waals surface area (Å²) in [4.78, 5) is 2.51. The predicted molar refractivity (Wildman–Crippen MR) is 62.1 cm³/mol. The van der Waals surface area contributed by atoms with E-state index in [1.54, 1.807) is 7.11 Å². The molecule has 0 amide bonds. The van der Waals surface area contributed by atoms with Crippen molar-refractivity contribution in [1.82, 2.24) is 4.90 Å². The number of methoxy groups -OCH3 is 1. The summed E-state index contributed by atoms with van der Waals surface area (Å²) in [6.45, 7) is 13.7. The largest absolute Gasteiger partial charge is 0.384 e. The molecule has 0 aromatic heterocycles. The Balaban J connectivity index is 2.70. The Bertz CT molecular complexity index is 196. The van der Waals surface area contributed by atoms with Crippen molar-refractivity contribution in [2.24, 2.45) is 5.41 Å². The third-order valence-corrected chi connectivity index (χ3v) is 3.96. The second-order valence-corrected chi connectivity index (χ2v) is 5.48. The summed E-state index contributed by atoms with van der Waals surface area (Å²) < 4.78 is 10.7. The lowest BCUT2D eigenvalue weighted by atomic mass is 9.73. The van der Waals surface area contributed by atoms with E-state index in [-0.39, 0.29) is 11.0 Å². The Labute approximate surface area is 93.7 Å². The van der Waals surface area contributed by atoms with E-state index in [9.17, 15) is 0 Å². The van der Waals surface area contributed by atoms with Crippen LogP contribution in [0.5, 0.6) is 0 Å². The first-order chi connectivity index (χ1) is 6.92. The van der Waals surface area contributed by atoms with Gasteiger partial charge in [-0.15, -0.1) is 0 Å². The number of morpholine rings is 1. The van der Waals surface area contributed by atoms with Crippen LogP contribution in [0.1, 0.15) is 27.7 Å². The molecule has 1 aliphatic rings. The van der Waals surface area contributed by atoms with Crippen molar-refractivity contribution < 1.29 is 9.47 Å². The second kappa shape index (κ2) is 4.81. The molecule has 1 saturated heterocycles. The number of hydrogen-bond donors (Lipinski definition) is 0. The van der Waals surface area contributed by atoms with Gasteiger partial charge in [0.05, 0.1) is 19.8 Å². The van der Waals surface area contributed by atoms with Gasteiger partial charge in [0.25, 0.3) is 0 Å². The first kappa shape index (κ1) is 12.9. The minimum absolute atomic E-state index is 0.146. The van der Waals surface area contributed by atoms with Gasteiger partial charge in [0, 0.05) is 31.2 Å². The zero-order valence-electron chi connectivity index (χ0n) is 10.8. The predicted octanol–water partition coefficient (Wildman–Crippen LogP) is 1.77. The molecule has 1 heterocycles. The van der Waals surface area contributed by atoms with Gasteiger partial charge in [-0.3, -0.25) is 4.90 Å². The van der Waals surface area contributed by atoms with E-state index in [1.165, 1.54) is 0 Å². The molecule has 1 fully saturated rings. The zero-order chi connectivity index (χ0) is 11.5. The lowest BCUT2D eigenvalue weighted by molar-refractivity contribution is -0.0770. The van der Waals surface area contributed by atoms with Gasteiger partial charge in [0.2, 0.25) is 0 Å². The molecule has 15 heavy (non-hydrogen) atoms. The highest BCUT2D eigenvalue weighted by atomic mass is 16.5. The first-order valence-electron chi connectivity index (χ1n) is 5.73. The van der Waals surface area contributed by atoms with Gasteiger partial charge in [-0.1, -0.05) is 13.8 Å². The lowest BCUT2D eigenvalue weighted by Crippen LogP contribution is -2.58. The molecule has 0 unspecified atom stereocenters. The van der Waals surface area contributed by atoms with E-state index >= 15 is 0 Å². The standard InChI is InChI=1S/C12H25NO2/c1-11(2,10-14-5)12(3,4)13-6-8-15-9-7-13/h6-10H2,1-5H3. The summed E-state index contributed by atoms with van der Waals surface area (Å²) >= 11 is 0. The molecular weight excluding hydrogens is 190 g/mol. The molecule has 0 atom stereocenters. The minimum Gasteiger partial charge on any atom is -0.384 e. The lowest BCUT2D eigenvalue weighted by Gasteiger charge is -2.50. The number of nitrogens with zero attached hydrogens (tertiary/aromatic N) is 1. The molecule has 1 aliphatic heterocycles. The summed E-state index contributed by atoms with van der Waals surface area (Å²) in [6, 6.07) is 0. The Morgan fingerprint density at radius 3 is 2.13 bits per heavy atom. The van der Waals surface area contributed by atoms with Gasteiger partial charge in [-0.05, 0) is 13.8 Å². The van der Waals surface area contributed by atoms with Crippen LogP contribution in [0.15, 0.2) is 0 Å². The van der Waals surface area contributed by atoms with Crippen molar-refractivity contribution in [3.63, 3.8) is 0 Å². The average Bonchev–Trinajstić information content (AvgIpc) is 2.19. The molecular formula is C12H25NO2. The molecule has 3 nitrogen and oxygen atoms in total. The maximum Gasteiger partial charge on any atom is 0.0594 e. The first-order valence-corrected chi connectivity index (χ1v) is 5.73. The molecule has 0 spiro atoms. The van der Waals surface area contributed by atoms with Crippen LogP contribution in [-0.4, -0.2) is 50.5 Å². The fraction of sp³-hybridized carbons (Fsp3) is 1.00. The maximum atomic E-state index is 5.39. The van der Waals surface area contributed by atoms with E-state index in [0.29, 0.717) is 0 Å². The fourth-order valence-electron chi connectivity index (χ4n) is 2.09. The fourth-order valence-corrected chi connectivity index (χ4v) is 2.09. The Morgan fingerprint density at radius 1 is 1.13 bits per heavy atom. The van der Waals surface area contributed by atoms with E-state index < -0.39 is 0 Å². The summed E-state index contributed by atoms with van der Waals surface area (Å²) in [7, 11) is 1.77. The zero-order valence-corrected chi connectivity index (χ0v) is 10.8. The molecule has 0 saturated carbocycles. The Morgan fingerprint density at radius 2 is 1.67 bits per heavy atom. The molecule has 1 rings (SSSR count). The molecule has 0 N–H and O–H groups in total. The summed E-state index contributed by atoms with van der Waals surface area (Å²) in [5.41, 5.74) is 0.298. The average molecular weight is 215 g/mol. The van der Waals surface area contributed by atoms with E-state index in [4.69, 9.17) is 9.47 Å².